The molecule has 0 bridgehead atoms. The average Bonchev–Trinajstić information content (AvgIpc) is 3.19. The number of hydrogen-bond donors (Lipinski definition) is 1. The molecule has 32 heavy (non-hydrogen) atoms. The minimum atomic E-state index is -0.517. The molecule has 4 atom stereocenters. The van der Waals surface area contributed by atoms with Crippen LogP contribution >= 0.6 is 0 Å². The summed E-state index contributed by atoms with van der Waals surface area (Å²) in [6.45, 7) is 4.62. The van der Waals surface area contributed by atoms with E-state index in [1.807, 2.05) is 24.4 Å². The molecule has 1 aliphatic heterocycles. The summed E-state index contributed by atoms with van der Waals surface area (Å²) in [6, 6.07) is 19.5. The lowest BCUT2D eigenvalue weighted by molar-refractivity contribution is -0.0235. The summed E-state index contributed by atoms with van der Waals surface area (Å²) in [4.78, 5) is 6.90. The molecule has 5 heteroatoms. The van der Waals surface area contributed by atoms with Crippen molar-refractivity contribution in [3.8, 4) is 17.0 Å². The summed E-state index contributed by atoms with van der Waals surface area (Å²) >= 11 is 0. The van der Waals surface area contributed by atoms with Crippen molar-refractivity contribution in [2.45, 2.75) is 38.5 Å². The first kappa shape index (κ1) is 21.1. The zero-order valence-corrected chi connectivity index (χ0v) is 18.3. The van der Waals surface area contributed by atoms with E-state index < -0.39 is 6.10 Å². The maximum atomic E-state index is 13.9. The van der Waals surface area contributed by atoms with Crippen LogP contribution in [0.25, 0.3) is 11.3 Å². The number of benzene rings is 2. The van der Waals surface area contributed by atoms with Gasteiger partial charge in [-0.2, -0.15) is 0 Å². The van der Waals surface area contributed by atoms with Crippen molar-refractivity contribution in [2.24, 2.45) is 11.8 Å². The maximum Gasteiger partial charge on any atom is 0.129 e. The van der Waals surface area contributed by atoms with Crippen LogP contribution in [0.5, 0.6) is 5.75 Å². The molecule has 3 aromatic rings. The fourth-order valence-electron chi connectivity index (χ4n) is 5.19. The van der Waals surface area contributed by atoms with Gasteiger partial charge in [-0.3, -0.25) is 9.88 Å². The number of ether oxygens (including phenoxy) is 1. The van der Waals surface area contributed by atoms with Crippen molar-refractivity contribution in [2.75, 3.05) is 13.1 Å². The number of aliphatic hydroxyl groups is 1. The van der Waals surface area contributed by atoms with E-state index in [-0.39, 0.29) is 11.9 Å². The Morgan fingerprint density at radius 2 is 1.78 bits per heavy atom. The van der Waals surface area contributed by atoms with Crippen LogP contribution in [0.15, 0.2) is 66.9 Å². The van der Waals surface area contributed by atoms with Gasteiger partial charge in [-0.1, -0.05) is 36.4 Å². The van der Waals surface area contributed by atoms with Crippen molar-refractivity contribution in [3.05, 3.63) is 83.8 Å². The number of halogens is 1. The zero-order chi connectivity index (χ0) is 22.1. The van der Waals surface area contributed by atoms with E-state index >= 15 is 0 Å². The predicted molar refractivity (Wildman–Crippen MR) is 123 cm³/mol. The molecule has 5 rings (SSSR count). The van der Waals surface area contributed by atoms with Crippen LogP contribution in [0.2, 0.25) is 0 Å². The highest BCUT2D eigenvalue weighted by Gasteiger charge is 2.42. The number of likely N-dealkylation sites (tertiary alicyclic amines) is 1. The molecule has 166 valence electrons. The number of nitrogens with zero attached hydrogens (tertiary/aromatic N) is 2. The standard InChI is InChI=1S/C27H29FN2O2/c1-18-23(28)5-4-7-26(18)32-27-14-22-17-30(16-21(22)13-25(27)31)15-19-8-10-20(11-9-19)24-6-2-3-12-29-24/h2-12,21-22,25,27,31H,13-17H2,1H3/t21-,22+,25+,27+/m0/s1. The second kappa shape index (κ2) is 9.00. The molecule has 4 nitrogen and oxygen atoms in total. The number of aliphatic hydroxyl groups excluding tert-OH is 1. The Hall–Kier alpha value is -2.76. The summed E-state index contributed by atoms with van der Waals surface area (Å²) < 4.78 is 20.0. The first-order valence-electron chi connectivity index (χ1n) is 11.4. The number of fused-ring (bicyclic) bond motifs is 1. The molecule has 1 saturated carbocycles. The van der Waals surface area contributed by atoms with Gasteiger partial charge in [-0.15, -0.1) is 0 Å². The summed E-state index contributed by atoms with van der Waals surface area (Å²) in [6.07, 6.45) is 2.55. The molecule has 2 aliphatic rings. The van der Waals surface area contributed by atoms with Gasteiger partial charge in [0, 0.05) is 37.0 Å². The van der Waals surface area contributed by atoms with Gasteiger partial charge in [0.1, 0.15) is 17.7 Å². The van der Waals surface area contributed by atoms with Crippen LogP contribution in [-0.4, -0.2) is 40.3 Å². The second-order valence-electron chi connectivity index (χ2n) is 9.18. The molecule has 1 aliphatic carbocycles. The Morgan fingerprint density at radius 1 is 1.00 bits per heavy atom. The third-order valence-electron chi connectivity index (χ3n) is 6.98. The minimum absolute atomic E-state index is 0.271. The molecule has 1 aromatic heterocycles. The molecule has 1 N–H and O–H groups in total. The van der Waals surface area contributed by atoms with Gasteiger partial charge in [0.25, 0.3) is 0 Å². The van der Waals surface area contributed by atoms with Gasteiger partial charge < -0.3 is 9.84 Å². The zero-order valence-electron chi connectivity index (χ0n) is 18.3. The van der Waals surface area contributed by atoms with E-state index in [4.69, 9.17) is 4.74 Å². The topological polar surface area (TPSA) is 45.6 Å². The fraction of sp³-hybridized carbons (Fsp3) is 0.370. The first-order valence-corrected chi connectivity index (χ1v) is 11.4. The van der Waals surface area contributed by atoms with Crippen molar-refractivity contribution in [1.29, 1.82) is 0 Å². The smallest absolute Gasteiger partial charge is 0.129 e. The number of rotatable bonds is 5. The lowest BCUT2D eigenvalue weighted by atomic mass is 9.78. The minimum Gasteiger partial charge on any atom is -0.487 e. The molecule has 2 heterocycles. The van der Waals surface area contributed by atoms with E-state index in [9.17, 15) is 9.50 Å². The van der Waals surface area contributed by atoms with Crippen molar-refractivity contribution in [1.82, 2.24) is 9.88 Å². The molecule has 2 fully saturated rings. The Balaban J connectivity index is 1.21. The van der Waals surface area contributed by atoms with Crippen LogP contribution in [0, 0.1) is 24.6 Å². The molecule has 2 aromatic carbocycles. The third-order valence-corrected chi connectivity index (χ3v) is 6.98. The number of aromatic nitrogens is 1. The highest BCUT2D eigenvalue weighted by atomic mass is 19.1. The Morgan fingerprint density at radius 3 is 2.53 bits per heavy atom. The predicted octanol–water partition coefficient (Wildman–Crippen LogP) is 4.85. The lowest BCUT2D eigenvalue weighted by Gasteiger charge is -2.35. The summed E-state index contributed by atoms with van der Waals surface area (Å²) in [7, 11) is 0. The third kappa shape index (κ3) is 4.41. The van der Waals surface area contributed by atoms with E-state index in [0.29, 0.717) is 23.1 Å². The van der Waals surface area contributed by atoms with Crippen LogP contribution in [0.3, 0.4) is 0 Å². The van der Waals surface area contributed by atoms with Gasteiger partial charge in [0.15, 0.2) is 0 Å². The van der Waals surface area contributed by atoms with Gasteiger partial charge in [-0.05, 0) is 61.4 Å². The van der Waals surface area contributed by atoms with Crippen molar-refractivity contribution >= 4 is 0 Å². The quantitative estimate of drug-likeness (QED) is 0.626. The Labute approximate surface area is 188 Å². The van der Waals surface area contributed by atoms with Crippen molar-refractivity contribution in [3.63, 3.8) is 0 Å². The maximum absolute atomic E-state index is 13.9. The van der Waals surface area contributed by atoms with Gasteiger partial charge in [0.05, 0.1) is 11.8 Å². The first-order chi connectivity index (χ1) is 15.6. The van der Waals surface area contributed by atoms with Crippen LogP contribution in [-0.2, 0) is 6.54 Å². The van der Waals surface area contributed by atoms with Crippen molar-refractivity contribution < 1.29 is 14.2 Å². The Kier molecular flexibility index (Phi) is 5.94. The monoisotopic (exact) mass is 432 g/mol. The SMILES string of the molecule is Cc1c(F)cccc1O[C@@H]1C[C@@H]2CN(Cc3ccc(-c4ccccn4)cc3)C[C@@H]2C[C@H]1O. The molecule has 0 radical (unpaired) electrons. The highest BCUT2D eigenvalue weighted by Crippen LogP contribution is 2.39. The van der Waals surface area contributed by atoms with E-state index in [1.54, 1.807) is 19.1 Å². The highest BCUT2D eigenvalue weighted by molar-refractivity contribution is 5.59. The summed E-state index contributed by atoms with van der Waals surface area (Å²) in [5.74, 6) is 1.23. The normalized spacial score (nSPS) is 25.5. The summed E-state index contributed by atoms with van der Waals surface area (Å²) in [5, 5.41) is 10.7. The Bertz CT molecular complexity index is 1060. The van der Waals surface area contributed by atoms with Crippen LogP contribution in [0.4, 0.5) is 4.39 Å². The van der Waals surface area contributed by atoms with Crippen LogP contribution < -0.4 is 4.74 Å². The molecular weight excluding hydrogens is 403 g/mol. The van der Waals surface area contributed by atoms with Crippen LogP contribution in [0.1, 0.15) is 24.0 Å². The average molecular weight is 433 g/mol. The molecule has 0 amide bonds. The fourth-order valence-corrected chi connectivity index (χ4v) is 5.19. The number of pyridine rings is 1. The molecule has 0 unspecified atom stereocenters. The summed E-state index contributed by atoms with van der Waals surface area (Å²) in [5.41, 5.74) is 3.90. The molecule has 0 spiro atoms. The second-order valence-corrected chi connectivity index (χ2v) is 9.18. The lowest BCUT2D eigenvalue weighted by Crippen LogP contribution is -2.42. The van der Waals surface area contributed by atoms with E-state index in [0.717, 1.165) is 43.7 Å². The largest absolute Gasteiger partial charge is 0.487 e. The van der Waals surface area contributed by atoms with Gasteiger partial charge in [0.2, 0.25) is 0 Å². The van der Waals surface area contributed by atoms with Gasteiger partial charge >= 0.3 is 0 Å². The number of hydrogen-bond acceptors (Lipinski definition) is 4. The van der Waals surface area contributed by atoms with E-state index in [2.05, 4.69) is 34.1 Å². The van der Waals surface area contributed by atoms with Gasteiger partial charge in [-0.25, -0.2) is 4.39 Å². The molecule has 1 saturated heterocycles. The molecular formula is C27H29FN2O2. The van der Waals surface area contributed by atoms with E-state index in [1.165, 1.54) is 11.6 Å².